The van der Waals surface area contributed by atoms with Gasteiger partial charge in [0.05, 0.1) is 16.5 Å². The molecule has 1 N–H and O–H groups in total. The fourth-order valence-electron chi connectivity index (χ4n) is 1.84. The van der Waals surface area contributed by atoms with Crippen molar-refractivity contribution in [3.63, 3.8) is 0 Å². The van der Waals surface area contributed by atoms with Crippen molar-refractivity contribution in [3.05, 3.63) is 68.7 Å². The normalized spacial score (nSPS) is 11.7. The lowest BCUT2D eigenvalue weighted by Gasteiger charge is -2.13. The number of nitro groups is 1. The van der Waals surface area contributed by atoms with Crippen molar-refractivity contribution in [1.82, 2.24) is 0 Å². The highest BCUT2D eigenvalue weighted by molar-refractivity contribution is 9.10. The molecule has 0 saturated heterocycles. The van der Waals surface area contributed by atoms with Crippen molar-refractivity contribution in [1.29, 1.82) is 0 Å². The van der Waals surface area contributed by atoms with E-state index in [4.69, 9.17) is 0 Å². The van der Waals surface area contributed by atoms with Gasteiger partial charge in [-0.25, -0.2) is 0 Å². The maximum atomic E-state index is 12.2. The average molecular weight is 349 g/mol. The van der Waals surface area contributed by atoms with Gasteiger partial charge in [-0.2, -0.15) is 0 Å². The van der Waals surface area contributed by atoms with Crippen LogP contribution in [0.15, 0.2) is 53.0 Å². The Bertz CT molecular complexity index is 671. The van der Waals surface area contributed by atoms with Crippen LogP contribution < -0.4 is 5.32 Å². The maximum Gasteiger partial charge on any atom is 0.269 e. The summed E-state index contributed by atoms with van der Waals surface area (Å²) in [4.78, 5) is 22.4. The number of benzene rings is 2. The van der Waals surface area contributed by atoms with Gasteiger partial charge in [-0.05, 0) is 40.5 Å². The highest BCUT2D eigenvalue weighted by Gasteiger charge is 2.17. The number of hydrogen-bond donors (Lipinski definition) is 1. The fraction of sp³-hybridized carbons (Fsp3) is 0.133. The predicted octanol–water partition coefficient (Wildman–Crippen LogP) is 4.10. The van der Waals surface area contributed by atoms with Crippen molar-refractivity contribution in [2.75, 3.05) is 5.32 Å². The van der Waals surface area contributed by atoms with Crippen LogP contribution in [0.4, 0.5) is 11.4 Å². The first kappa shape index (κ1) is 15.2. The van der Waals surface area contributed by atoms with Crippen LogP contribution >= 0.6 is 15.9 Å². The smallest absolute Gasteiger partial charge is 0.269 e. The van der Waals surface area contributed by atoms with E-state index in [-0.39, 0.29) is 11.6 Å². The van der Waals surface area contributed by atoms with Crippen molar-refractivity contribution < 1.29 is 9.72 Å². The Kier molecular flexibility index (Phi) is 4.70. The quantitative estimate of drug-likeness (QED) is 0.667. The van der Waals surface area contributed by atoms with Crippen LogP contribution in [0.5, 0.6) is 0 Å². The number of halogens is 1. The van der Waals surface area contributed by atoms with Crippen molar-refractivity contribution in [2.45, 2.75) is 12.8 Å². The number of rotatable bonds is 4. The van der Waals surface area contributed by atoms with E-state index in [1.165, 1.54) is 12.1 Å². The minimum Gasteiger partial charge on any atom is -0.325 e. The third-order valence-corrected chi connectivity index (χ3v) is 3.82. The van der Waals surface area contributed by atoms with E-state index in [0.717, 1.165) is 10.0 Å². The summed E-state index contributed by atoms with van der Waals surface area (Å²) in [7, 11) is 0. The Morgan fingerprint density at radius 1 is 1.19 bits per heavy atom. The van der Waals surface area contributed by atoms with Crippen molar-refractivity contribution >= 4 is 33.2 Å². The topological polar surface area (TPSA) is 72.2 Å². The molecule has 0 fully saturated rings. The summed E-state index contributed by atoms with van der Waals surface area (Å²) >= 11 is 3.37. The summed E-state index contributed by atoms with van der Waals surface area (Å²) in [5, 5.41) is 13.4. The van der Waals surface area contributed by atoms with Gasteiger partial charge in [-0.3, -0.25) is 14.9 Å². The van der Waals surface area contributed by atoms with Gasteiger partial charge in [0.25, 0.3) is 5.69 Å². The molecule has 108 valence electrons. The Hall–Kier alpha value is -2.21. The van der Waals surface area contributed by atoms with Crippen molar-refractivity contribution in [2.24, 2.45) is 0 Å². The van der Waals surface area contributed by atoms with Gasteiger partial charge in [-0.15, -0.1) is 0 Å². The number of nitrogens with zero attached hydrogens (tertiary/aromatic N) is 1. The summed E-state index contributed by atoms with van der Waals surface area (Å²) in [6.07, 6.45) is 0. The number of carbonyl (C=O) groups excluding carboxylic acids is 1. The maximum absolute atomic E-state index is 12.2. The number of hydrogen-bond acceptors (Lipinski definition) is 3. The van der Waals surface area contributed by atoms with Crippen LogP contribution in [-0.2, 0) is 4.79 Å². The Labute approximate surface area is 130 Å². The molecule has 0 heterocycles. The molecule has 0 saturated carbocycles. The van der Waals surface area contributed by atoms with Gasteiger partial charge in [0.2, 0.25) is 5.91 Å². The number of anilines is 1. The second kappa shape index (κ2) is 6.49. The van der Waals surface area contributed by atoms with E-state index in [9.17, 15) is 14.9 Å². The van der Waals surface area contributed by atoms with E-state index in [0.29, 0.717) is 5.69 Å². The first-order chi connectivity index (χ1) is 9.99. The van der Waals surface area contributed by atoms with E-state index in [1.807, 2.05) is 18.2 Å². The molecular weight excluding hydrogens is 336 g/mol. The first-order valence-corrected chi connectivity index (χ1v) is 7.08. The lowest BCUT2D eigenvalue weighted by molar-refractivity contribution is -0.384. The molecule has 0 spiro atoms. The third-order valence-electron chi connectivity index (χ3n) is 3.13. The first-order valence-electron chi connectivity index (χ1n) is 6.29. The molecule has 2 aromatic carbocycles. The second-order valence-electron chi connectivity index (χ2n) is 4.54. The van der Waals surface area contributed by atoms with E-state index in [1.54, 1.807) is 25.1 Å². The molecule has 0 radical (unpaired) electrons. The Morgan fingerprint density at radius 3 is 2.38 bits per heavy atom. The largest absolute Gasteiger partial charge is 0.325 e. The third kappa shape index (κ3) is 3.66. The molecule has 1 amide bonds. The highest BCUT2D eigenvalue weighted by atomic mass is 79.9. The molecule has 2 aromatic rings. The predicted molar refractivity (Wildman–Crippen MR) is 84.3 cm³/mol. The average Bonchev–Trinajstić information content (AvgIpc) is 2.49. The number of para-hydroxylation sites is 1. The van der Waals surface area contributed by atoms with Crippen LogP contribution in [0.25, 0.3) is 0 Å². The minimum atomic E-state index is -0.463. The van der Waals surface area contributed by atoms with Crippen LogP contribution in [0.3, 0.4) is 0 Å². The van der Waals surface area contributed by atoms with Crippen molar-refractivity contribution in [3.8, 4) is 0 Å². The fourth-order valence-corrected chi connectivity index (χ4v) is 2.22. The number of nitro benzene ring substituents is 1. The number of non-ortho nitro benzene ring substituents is 1. The summed E-state index contributed by atoms with van der Waals surface area (Å²) in [6, 6.07) is 13.3. The van der Waals surface area contributed by atoms with Gasteiger partial charge in [0.15, 0.2) is 0 Å². The van der Waals surface area contributed by atoms with Gasteiger partial charge >= 0.3 is 0 Å². The summed E-state index contributed by atoms with van der Waals surface area (Å²) < 4.78 is 0.800. The zero-order valence-electron chi connectivity index (χ0n) is 11.2. The SMILES string of the molecule is C[C@@H](C(=O)Nc1ccccc1Br)c1ccc([N+](=O)[O-])cc1. The molecule has 0 unspecified atom stereocenters. The number of carbonyl (C=O) groups is 1. The van der Waals surface area contributed by atoms with E-state index in [2.05, 4.69) is 21.2 Å². The Morgan fingerprint density at radius 2 is 1.81 bits per heavy atom. The molecule has 0 aliphatic carbocycles. The van der Waals surface area contributed by atoms with Gasteiger partial charge in [0.1, 0.15) is 0 Å². The van der Waals surface area contributed by atoms with Gasteiger partial charge in [-0.1, -0.05) is 24.3 Å². The molecular formula is C15H13BrN2O3. The van der Waals surface area contributed by atoms with Crippen LogP contribution in [0.1, 0.15) is 18.4 Å². The van der Waals surface area contributed by atoms with Gasteiger partial charge < -0.3 is 5.32 Å². The van der Waals surface area contributed by atoms with Crippen LogP contribution in [0, 0.1) is 10.1 Å². The van der Waals surface area contributed by atoms with Crippen LogP contribution in [-0.4, -0.2) is 10.8 Å². The van der Waals surface area contributed by atoms with Crippen LogP contribution in [0.2, 0.25) is 0 Å². The molecule has 0 aromatic heterocycles. The number of nitrogens with one attached hydrogen (secondary N) is 1. The standard InChI is InChI=1S/C15H13BrN2O3/c1-10(11-6-8-12(9-7-11)18(20)21)15(19)17-14-5-3-2-4-13(14)16/h2-10H,1H3,(H,17,19)/t10-/m1/s1. The lowest BCUT2D eigenvalue weighted by Crippen LogP contribution is -2.19. The molecule has 1 atom stereocenters. The molecule has 6 heteroatoms. The monoisotopic (exact) mass is 348 g/mol. The highest BCUT2D eigenvalue weighted by Crippen LogP contribution is 2.24. The zero-order chi connectivity index (χ0) is 15.4. The molecule has 2 rings (SSSR count). The molecule has 0 bridgehead atoms. The molecule has 5 nitrogen and oxygen atoms in total. The summed E-state index contributed by atoms with van der Waals surface area (Å²) in [5.41, 5.74) is 1.43. The molecule has 21 heavy (non-hydrogen) atoms. The summed E-state index contributed by atoms with van der Waals surface area (Å²) in [6.45, 7) is 1.76. The minimum absolute atomic E-state index is 0.0113. The second-order valence-corrected chi connectivity index (χ2v) is 5.39. The molecule has 0 aliphatic heterocycles. The van der Waals surface area contributed by atoms with Gasteiger partial charge in [0, 0.05) is 16.6 Å². The van der Waals surface area contributed by atoms with E-state index >= 15 is 0 Å². The van der Waals surface area contributed by atoms with E-state index < -0.39 is 10.8 Å². The lowest BCUT2D eigenvalue weighted by atomic mass is 10.00. The zero-order valence-corrected chi connectivity index (χ0v) is 12.8. The Balaban J connectivity index is 2.12. The number of amides is 1. The molecule has 0 aliphatic rings. The summed E-state index contributed by atoms with van der Waals surface area (Å²) in [5.74, 6) is -0.575.